The Labute approximate surface area is 119 Å². The molecule has 0 unspecified atom stereocenters. The van der Waals surface area contributed by atoms with Gasteiger partial charge < -0.3 is 16.2 Å². The third kappa shape index (κ3) is 6.67. The summed E-state index contributed by atoms with van der Waals surface area (Å²) in [5.41, 5.74) is 11.6. The average molecular weight is 286 g/mol. The first-order chi connectivity index (χ1) is 8.63. The maximum absolute atomic E-state index is 11.6. The largest absolute Gasteiger partial charge is 0.462 e. The molecule has 0 saturated heterocycles. The molecule has 1 rings (SSSR count). The van der Waals surface area contributed by atoms with Crippen LogP contribution in [-0.4, -0.2) is 18.5 Å². The molecule has 0 heterocycles. The Morgan fingerprint density at radius 2 is 1.84 bits per heavy atom. The molecular formula is C13H20ClN3O2. The lowest BCUT2D eigenvalue weighted by Gasteiger charge is -2.04. The van der Waals surface area contributed by atoms with Crippen molar-refractivity contribution in [3.8, 4) is 0 Å². The fourth-order valence-electron chi connectivity index (χ4n) is 1.42. The van der Waals surface area contributed by atoms with E-state index in [0.29, 0.717) is 17.9 Å². The number of hydrogen-bond acceptors (Lipinski definition) is 3. The summed E-state index contributed by atoms with van der Waals surface area (Å²) in [5.74, 6) is -0.327. The van der Waals surface area contributed by atoms with Gasteiger partial charge in [0.05, 0.1) is 17.9 Å². The highest BCUT2D eigenvalue weighted by Crippen LogP contribution is 2.13. The number of halogens is 1. The minimum Gasteiger partial charge on any atom is -0.462 e. The summed E-state index contributed by atoms with van der Waals surface area (Å²) < 4.78 is 5.13. The van der Waals surface area contributed by atoms with Gasteiger partial charge >= 0.3 is 5.97 Å². The number of aliphatic imine (C=N–C) groups is 1. The fraction of sp³-hybridized carbons (Fsp3) is 0.385. The van der Waals surface area contributed by atoms with E-state index in [9.17, 15) is 4.79 Å². The number of carbonyl (C=O) groups excluding carboxylic acids is 1. The van der Waals surface area contributed by atoms with Crippen LogP contribution in [0.3, 0.4) is 0 Å². The number of benzene rings is 1. The van der Waals surface area contributed by atoms with Crippen LogP contribution in [0, 0.1) is 0 Å². The molecule has 106 valence electrons. The Kier molecular flexibility index (Phi) is 8.37. The quantitative estimate of drug-likeness (QED) is 0.363. The van der Waals surface area contributed by atoms with Crippen molar-refractivity contribution in [2.45, 2.75) is 26.2 Å². The minimum atomic E-state index is -0.317. The first kappa shape index (κ1) is 17.2. The van der Waals surface area contributed by atoms with Gasteiger partial charge in [-0.15, -0.1) is 12.4 Å². The summed E-state index contributed by atoms with van der Waals surface area (Å²) in [6.45, 7) is 2.56. The van der Waals surface area contributed by atoms with E-state index in [1.54, 1.807) is 24.3 Å². The summed E-state index contributed by atoms with van der Waals surface area (Å²) in [7, 11) is 0. The lowest BCUT2D eigenvalue weighted by atomic mass is 10.2. The molecule has 0 amide bonds. The van der Waals surface area contributed by atoms with E-state index in [1.807, 2.05) is 0 Å². The van der Waals surface area contributed by atoms with Gasteiger partial charge in [-0.05, 0) is 30.7 Å². The van der Waals surface area contributed by atoms with Crippen LogP contribution in [0.4, 0.5) is 5.69 Å². The summed E-state index contributed by atoms with van der Waals surface area (Å²) in [6.07, 6.45) is 3.07. The third-order valence-electron chi connectivity index (χ3n) is 2.34. The molecule has 6 heteroatoms. The van der Waals surface area contributed by atoms with E-state index in [4.69, 9.17) is 16.2 Å². The van der Waals surface area contributed by atoms with Gasteiger partial charge in [0.1, 0.15) is 0 Å². The predicted molar refractivity (Wildman–Crippen MR) is 79.0 cm³/mol. The van der Waals surface area contributed by atoms with Crippen LogP contribution in [0.5, 0.6) is 0 Å². The number of guanidine groups is 1. The fourth-order valence-corrected chi connectivity index (χ4v) is 1.42. The van der Waals surface area contributed by atoms with Gasteiger partial charge in [-0.3, -0.25) is 0 Å². The zero-order valence-corrected chi connectivity index (χ0v) is 11.8. The van der Waals surface area contributed by atoms with Crippen molar-refractivity contribution in [1.29, 1.82) is 0 Å². The van der Waals surface area contributed by atoms with Crippen molar-refractivity contribution in [2.75, 3.05) is 6.61 Å². The smallest absolute Gasteiger partial charge is 0.338 e. The number of rotatable bonds is 6. The molecule has 0 aliphatic rings. The molecule has 0 atom stereocenters. The highest BCUT2D eigenvalue weighted by atomic mass is 35.5. The van der Waals surface area contributed by atoms with Crippen LogP contribution in [0.25, 0.3) is 0 Å². The third-order valence-corrected chi connectivity index (χ3v) is 2.34. The molecule has 0 spiro atoms. The van der Waals surface area contributed by atoms with Gasteiger partial charge in [0.15, 0.2) is 5.96 Å². The number of unbranched alkanes of at least 4 members (excludes halogenated alkanes) is 2. The van der Waals surface area contributed by atoms with Gasteiger partial charge in [0, 0.05) is 0 Å². The lowest BCUT2D eigenvalue weighted by molar-refractivity contribution is 0.0498. The van der Waals surface area contributed by atoms with Gasteiger partial charge in [0.25, 0.3) is 0 Å². The van der Waals surface area contributed by atoms with Crippen molar-refractivity contribution in [3.05, 3.63) is 29.8 Å². The van der Waals surface area contributed by atoms with Crippen molar-refractivity contribution >= 4 is 30.0 Å². The van der Waals surface area contributed by atoms with Crippen LogP contribution in [0.2, 0.25) is 0 Å². The van der Waals surface area contributed by atoms with Crippen molar-refractivity contribution < 1.29 is 9.53 Å². The molecule has 0 fully saturated rings. The van der Waals surface area contributed by atoms with E-state index in [2.05, 4.69) is 11.9 Å². The number of ether oxygens (including phenoxy) is 1. The van der Waals surface area contributed by atoms with E-state index in [1.165, 1.54) is 0 Å². The number of nitrogens with zero attached hydrogens (tertiary/aromatic N) is 1. The molecule has 0 radical (unpaired) electrons. The number of hydrogen-bond donors (Lipinski definition) is 2. The Bertz CT molecular complexity index is 414. The Hall–Kier alpha value is -1.75. The summed E-state index contributed by atoms with van der Waals surface area (Å²) in [4.78, 5) is 15.5. The Morgan fingerprint density at radius 3 is 2.37 bits per heavy atom. The summed E-state index contributed by atoms with van der Waals surface area (Å²) in [5, 5.41) is 0. The highest BCUT2D eigenvalue weighted by Gasteiger charge is 2.06. The predicted octanol–water partition coefficient (Wildman–Crippen LogP) is 2.36. The van der Waals surface area contributed by atoms with Crippen molar-refractivity contribution in [2.24, 2.45) is 16.5 Å². The van der Waals surface area contributed by atoms with E-state index in [-0.39, 0.29) is 24.3 Å². The van der Waals surface area contributed by atoms with Gasteiger partial charge in [-0.25, -0.2) is 9.79 Å². The van der Waals surface area contributed by atoms with E-state index in [0.717, 1.165) is 19.3 Å². The second kappa shape index (κ2) is 9.22. The first-order valence-electron chi connectivity index (χ1n) is 6.00. The molecular weight excluding hydrogens is 266 g/mol. The molecule has 19 heavy (non-hydrogen) atoms. The Balaban J connectivity index is 0.00000324. The second-order valence-corrected chi connectivity index (χ2v) is 3.93. The molecule has 0 aromatic heterocycles. The summed E-state index contributed by atoms with van der Waals surface area (Å²) in [6, 6.07) is 6.62. The van der Waals surface area contributed by atoms with Crippen LogP contribution in [0.15, 0.2) is 29.3 Å². The normalized spacial score (nSPS) is 9.32. The van der Waals surface area contributed by atoms with Crippen LogP contribution in [0.1, 0.15) is 36.5 Å². The standard InChI is InChI=1S/C13H19N3O2.ClH/c1-2-3-4-9-18-12(17)10-5-7-11(8-6-10)16-13(14)15;/h5-8H,2-4,9H2,1H3,(H4,14,15,16);1H. The monoisotopic (exact) mass is 285 g/mol. The summed E-state index contributed by atoms with van der Waals surface area (Å²) >= 11 is 0. The molecule has 4 N–H and O–H groups in total. The molecule has 5 nitrogen and oxygen atoms in total. The zero-order chi connectivity index (χ0) is 13.4. The SMILES string of the molecule is CCCCCOC(=O)c1ccc(N=C(N)N)cc1.Cl. The van der Waals surface area contributed by atoms with Gasteiger partial charge in [-0.1, -0.05) is 19.8 Å². The minimum absolute atomic E-state index is 0. The Morgan fingerprint density at radius 1 is 1.21 bits per heavy atom. The van der Waals surface area contributed by atoms with Crippen LogP contribution < -0.4 is 11.5 Å². The number of nitrogens with two attached hydrogens (primary N) is 2. The molecule has 0 aliphatic heterocycles. The highest BCUT2D eigenvalue weighted by molar-refractivity contribution is 5.90. The van der Waals surface area contributed by atoms with Crippen LogP contribution >= 0.6 is 12.4 Å². The first-order valence-corrected chi connectivity index (χ1v) is 6.00. The molecule has 0 bridgehead atoms. The maximum Gasteiger partial charge on any atom is 0.338 e. The van der Waals surface area contributed by atoms with Crippen LogP contribution in [-0.2, 0) is 4.74 Å². The van der Waals surface area contributed by atoms with Gasteiger partial charge in [-0.2, -0.15) is 0 Å². The number of esters is 1. The van der Waals surface area contributed by atoms with E-state index >= 15 is 0 Å². The zero-order valence-electron chi connectivity index (χ0n) is 11.0. The molecule has 0 aliphatic carbocycles. The number of carbonyl (C=O) groups is 1. The van der Waals surface area contributed by atoms with Crippen molar-refractivity contribution in [3.63, 3.8) is 0 Å². The van der Waals surface area contributed by atoms with E-state index < -0.39 is 0 Å². The average Bonchev–Trinajstić information content (AvgIpc) is 2.34. The van der Waals surface area contributed by atoms with Gasteiger partial charge in [0.2, 0.25) is 0 Å². The van der Waals surface area contributed by atoms with Crippen molar-refractivity contribution in [1.82, 2.24) is 0 Å². The molecule has 0 saturated carbocycles. The molecule has 1 aromatic carbocycles. The lowest BCUT2D eigenvalue weighted by Crippen LogP contribution is -2.21. The topological polar surface area (TPSA) is 90.7 Å². The second-order valence-electron chi connectivity index (χ2n) is 3.93. The molecule has 1 aromatic rings. The maximum atomic E-state index is 11.6.